The number of carboxylic acid groups (broad SMARTS) is 1. The van der Waals surface area contributed by atoms with Crippen LogP contribution in [0.4, 0.5) is 0 Å². The van der Waals surface area contributed by atoms with E-state index in [0.29, 0.717) is 16.8 Å². The minimum absolute atomic E-state index is 0.0659. The third-order valence-electron chi connectivity index (χ3n) is 1.37. The quantitative estimate of drug-likeness (QED) is 0.885. The Bertz CT molecular complexity index is 327. The number of aromatic carboxylic acids is 1. The number of hydrogen-bond donors (Lipinski definition) is 1. The number of rotatable bonds is 3. The molecule has 0 aromatic carbocycles. The van der Waals surface area contributed by atoms with E-state index in [1.54, 1.807) is 6.92 Å². The summed E-state index contributed by atoms with van der Waals surface area (Å²) in [7, 11) is 0. The highest BCUT2D eigenvalue weighted by Crippen LogP contribution is 2.27. The molecule has 4 nitrogen and oxygen atoms in total. The monoisotopic (exact) mass is 245 g/mol. The van der Waals surface area contributed by atoms with Crippen molar-refractivity contribution in [1.82, 2.24) is 4.98 Å². The van der Waals surface area contributed by atoms with Gasteiger partial charge in [-0.2, -0.15) is 0 Å². The number of ether oxygens (including phenoxy) is 1. The molecule has 0 atom stereocenters. The summed E-state index contributed by atoms with van der Waals surface area (Å²) in [6.07, 6.45) is 2.76. The van der Waals surface area contributed by atoms with E-state index in [-0.39, 0.29) is 5.56 Å². The molecule has 1 aromatic heterocycles. The Morgan fingerprint density at radius 2 is 2.38 bits per heavy atom. The first-order valence-electron chi connectivity index (χ1n) is 3.66. The minimum atomic E-state index is -1.04. The Labute approximate surface area is 83.7 Å². The Hall–Kier alpha value is -1.10. The van der Waals surface area contributed by atoms with E-state index in [9.17, 15) is 4.79 Å². The van der Waals surface area contributed by atoms with Gasteiger partial charge in [-0.05, 0) is 22.9 Å². The minimum Gasteiger partial charge on any atom is -0.492 e. The molecular formula is C8H8BrNO3. The van der Waals surface area contributed by atoms with Gasteiger partial charge in [0.05, 0.1) is 11.1 Å². The number of carboxylic acids is 1. The molecule has 0 aliphatic rings. The van der Waals surface area contributed by atoms with Crippen molar-refractivity contribution in [2.75, 3.05) is 6.61 Å². The summed E-state index contributed by atoms with van der Waals surface area (Å²) in [5, 5.41) is 8.78. The second kappa shape index (κ2) is 4.23. The predicted octanol–water partition coefficient (Wildman–Crippen LogP) is 1.94. The fourth-order valence-corrected chi connectivity index (χ4v) is 1.31. The van der Waals surface area contributed by atoms with Crippen LogP contribution in [0.1, 0.15) is 17.3 Å². The molecule has 0 unspecified atom stereocenters. The lowest BCUT2D eigenvalue weighted by atomic mass is 10.2. The number of pyridine rings is 1. The smallest absolute Gasteiger partial charge is 0.341 e. The Balaban J connectivity index is 3.17. The zero-order valence-electron chi connectivity index (χ0n) is 6.95. The van der Waals surface area contributed by atoms with Gasteiger partial charge in [0.15, 0.2) is 5.75 Å². The van der Waals surface area contributed by atoms with Gasteiger partial charge in [0.2, 0.25) is 0 Å². The van der Waals surface area contributed by atoms with E-state index in [2.05, 4.69) is 20.9 Å². The van der Waals surface area contributed by atoms with Crippen LogP contribution in [-0.2, 0) is 0 Å². The lowest BCUT2D eigenvalue weighted by molar-refractivity contribution is 0.0692. The van der Waals surface area contributed by atoms with Gasteiger partial charge in [-0.1, -0.05) is 0 Å². The summed E-state index contributed by atoms with van der Waals surface area (Å²) in [6, 6.07) is 0. The molecule has 0 amide bonds. The van der Waals surface area contributed by atoms with Crippen LogP contribution >= 0.6 is 15.9 Å². The van der Waals surface area contributed by atoms with Crippen LogP contribution in [0, 0.1) is 0 Å². The fourth-order valence-electron chi connectivity index (χ4n) is 0.867. The summed E-state index contributed by atoms with van der Waals surface area (Å²) in [4.78, 5) is 14.4. The van der Waals surface area contributed by atoms with Crippen LogP contribution in [0.15, 0.2) is 16.9 Å². The van der Waals surface area contributed by atoms with Crippen molar-refractivity contribution >= 4 is 21.9 Å². The van der Waals surface area contributed by atoms with E-state index >= 15 is 0 Å². The number of halogens is 1. The molecule has 0 aliphatic carbocycles. The highest BCUT2D eigenvalue weighted by atomic mass is 79.9. The van der Waals surface area contributed by atoms with E-state index in [1.165, 1.54) is 12.4 Å². The van der Waals surface area contributed by atoms with E-state index < -0.39 is 5.97 Å². The normalized spacial score (nSPS) is 9.69. The molecule has 0 fully saturated rings. The van der Waals surface area contributed by atoms with Gasteiger partial charge in [0, 0.05) is 12.4 Å². The summed E-state index contributed by atoms with van der Waals surface area (Å²) in [5.74, 6) is -0.720. The first kappa shape index (κ1) is 9.98. The van der Waals surface area contributed by atoms with Crippen LogP contribution in [-0.4, -0.2) is 22.7 Å². The average Bonchev–Trinajstić information content (AvgIpc) is 2.08. The molecule has 0 radical (unpaired) electrons. The molecule has 1 rings (SSSR count). The van der Waals surface area contributed by atoms with Gasteiger partial charge in [-0.25, -0.2) is 4.79 Å². The van der Waals surface area contributed by atoms with Crippen molar-refractivity contribution in [1.29, 1.82) is 0 Å². The van der Waals surface area contributed by atoms with Crippen molar-refractivity contribution in [3.8, 4) is 5.75 Å². The van der Waals surface area contributed by atoms with Gasteiger partial charge < -0.3 is 9.84 Å². The Kier molecular flexibility index (Phi) is 3.25. The topological polar surface area (TPSA) is 59.4 Å². The number of aromatic nitrogens is 1. The molecular weight excluding hydrogens is 238 g/mol. The number of carbonyl (C=O) groups is 1. The van der Waals surface area contributed by atoms with Crippen LogP contribution < -0.4 is 4.74 Å². The SMILES string of the molecule is CCOc1c(Br)cncc1C(=O)O. The molecule has 70 valence electrons. The third kappa shape index (κ3) is 2.18. The van der Waals surface area contributed by atoms with Crippen molar-refractivity contribution < 1.29 is 14.6 Å². The van der Waals surface area contributed by atoms with Crippen LogP contribution in [0.3, 0.4) is 0 Å². The predicted molar refractivity (Wildman–Crippen MR) is 50.1 cm³/mol. The Morgan fingerprint density at radius 3 is 2.92 bits per heavy atom. The average molecular weight is 246 g/mol. The molecule has 0 saturated carbocycles. The van der Waals surface area contributed by atoms with Crippen molar-refractivity contribution in [3.05, 3.63) is 22.4 Å². The maximum Gasteiger partial charge on any atom is 0.341 e. The molecule has 0 saturated heterocycles. The van der Waals surface area contributed by atoms with Crippen molar-refractivity contribution in [3.63, 3.8) is 0 Å². The molecule has 5 heteroatoms. The molecule has 1 aromatic rings. The summed E-state index contributed by atoms with van der Waals surface area (Å²) < 4.78 is 5.71. The van der Waals surface area contributed by atoms with Gasteiger partial charge in [0.1, 0.15) is 5.56 Å². The lowest BCUT2D eigenvalue weighted by Gasteiger charge is -2.07. The zero-order valence-corrected chi connectivity index (χ0v) is 8.54. The maximum absolute atomic E-state index is 10.7. The number of nitrogens with zero attached hydrogens (tertiary/aromatic N) is 1. The van der Waals surface area contributed by atoms with Gasteiger partial charge in [0.25, 0.3) is 0 Å². The molecule has 0 bridgehead atoms. The maximum atomic E-state index is 10.7. The Morgan fingerprint density at radius 1 is 1.69 bits per heavy atom. The van der Waals surface area contributed by atoms with E-state index in [1.807, 2.05) is 0 Å². The fraction of sp³-hybridized carbons (Fsp3) is 0.250. The molecule has 1 N–H and O–H groups in total. The molecule has 13 heavy (non-hydrogen) atoms. The van der Waals surface area contributed by atoms with Crippen LogP contribution in [0.25, 0.3) is 0 Å². The lowest BCUT2D eigenvalue weighted by Crippen LogP contribution is -2.04. The van der Waals surface area contributed by atoms with E-state index in [0.717, 1.165) is 0 Å². The summed E-state index contributed by atoms with van der Waals surface area (Å²) in [6.45, 7) is 2.21. The van der Waals surface area contributed by atoms with Gasteiger partial charge >= 0.3 is 5.97 Å². The largest absolute Gasteiger partial charge is 0.492 e. The molecule has 0 spiro atoms. The van der Waals surface area contributed by atoms with Gasteiger partial charge in [-0.15, -0.1) is 0 Å². The van der Waals surface area contributed by atoms with Crippen LogP contribution in [0.5, 0.6) is 5.75 Å². The zero-order chi connectivity index (χ0) is 9.84. The highest BCUT2D eigenvalue weighted by molar-refractivity contribution is 9.10. The van der Waals surface area contributed by atoms with E-state index in [4.69, 9.17) is 9.84 Å². The molecule has 0 aliphatic heterocycles. The standard InChI is InChI=1S/C8H8BrNO3/c1-2-13-7-5(8(11)12)3-10-4-6(7)9/h3-4H,2H2,1H3,(H,11,12). The molecule has 1 heterocycles. The summed E-state index contributed by atoms with van der Waals surface area (Å²) in [5.41, 5.74) is 0.0659. The van der Waals surface area contributed by atoms with Crippen molar-refractivity contribution in [2.45, 2.75) is 6.92 Å². The number of hydrogen-bond acceptors (Lipinski definition) is 3. The summed E-state index contributed by atoms with van der Waals surface area (Å²) >= 11 is 3.17. The first-order chi connectivity index (χ1) is 6.16. The van der Waals surface area contributed by atoms with Crippen LogP contribution in [0.2, 0.25) is 0 Å². The second-order valence-electron chi connectivity index (χ2n) is 2.24. The van der Waals surface area contributed by atoms with Crippen molar-refractivity contribution in [2.24, 2.45) is 0 Å². The second-order valence-corrected chi connectivity index (χ2v) is 3.09. The first-order valence-corrected chi connectivity index (χ1v) is 4.45. The van der Waals surface area contributed by atoms with Gasteiger partial charge in [-0.3, -0.25) is 4.98 Å². The highest BCUT2D eigenvalue weighted by Gasteiger charge is 2.14. The third-order valence-corrected chi connectivity index (χ3v) is 1.94.